The topological polar surface area (TPSA) is 37.0 Å². The lowest BCUT2D eigenvalue weighted by atomic mass is 9.93. The van der Waals surface area contributed by atoms with Crippen molar-refractivity contribution < 1.29 is 0 Å². The Hall–Kier alpha value is -0.450. The van der Waals surface area contributed by atoms with Crippen LogP contribution < -0.4 is 10.6 Å². The van der Waals surface area contributed by atoms with Gasteiger partial charge in [-0.25, -0.2) is 4.98 Å². The molecule has 100 valence electrons. The number of hydrogen-bond acceptors (Lipinski definition) is 4. The summed E-state index contributed by atoms with van der Waals surface area (Å²) in [7, 11) is 0. The molecule has 0 spiro atoms. The van der Waals surface area contributed by atoms with Crippen LogP contribution in [0.25, 0.3) is 0 Å². The third-order valence-electron chi connectivity index (χ3n) is 4.37. The molecule has 18 heavy (non-hydrogen) atoms. The fraction of sp³-hybridized carbons (Fsp3) is 0.786. The molecule has 4 heteroatoms. The molecule has 1 aromatic rings. The van der Waals surface area contributed by atoms with Crippen molar-refractivity contribution in [2.24, 2.45) is 5.92 Å². The minimum atomic E-state index is 0.699. The fourth-order valence-electron chi connectivity index (χ4n) is 3.50. The van der Waals surface area contributed by atoms with Crippen LogP contribution in [0.1, 0.15) is 42.0 Å². The molecule has 3 rings (SSSR count). The highest BCUT2D eigenvalue weighted by molar-refractivity contribution is 7.11. The molecule has 3 unspecified atom stereocenters. The van der Waals surface area contributed by atoms with Crippen LogP contribution in [-0.2, 0) is 6.54 Å². The van der Waals surface area contributed by atoms with Crippen LogP contribution in [0.5, 0.6) is 0 Å². The number of aromatic nitrogens is 1. The number of nitrogens with zero attached hydrogens (tertiary/aromatic N) is 1. The second kappa shape index (κ2) is 5.68. The van der Waals surface area contributed by atoms with Crippen molar-refractivity contribution in [3.63, 3.8) is 0 Å². The second-order valence-electron chi connectivity index (χ2n) is 5.65. The molecule has 3 atom stereocenters. The van der Waals surface area contributed by atoms with Crippen molar-refractivity contribution in [3.8, 4) is 0 Å². The second-order valence-corrected chi connectivity index (χ2v) is 6.97. The monoisotopic (exact) mass is 265 g/mol. The van der Waals surface area contributed by atoms with Crippen LogP contribution >= 0.6 is 11.3 Å². The summed E-state index contributed by atoms with van der Waals surface area (Å²) in [5.74, 6) is 0.841. The van der Waals surface area contributed by atoms with Crippen LogP contribution in [0.4, 0.5) is 0 Å². The van der Waals surface area contributed by atoms with Crippen molar-refractivity contribution in [1.29, 1.82) is 0 Å². The third-order valence-corrected chi connectivity index (χ3v) is 5.28. The van der Waals surface area contributed by atoms with Gasteiger partial charge in [0.1, 0.15) is 5.01 Å². The molecule has 1 aliphatic heterocycles. The molecule has 1 aromatic heterocycles. The molecule has 2 aliphatic rings. The van der Waals surface area contributed by atoms with Gasteiger partial charge in [-0.15, -0.1) is 11.3 Å². The first kappa shape index (κ1) is 12.6. The zero-order valence-corrected chi connectivity index (χ0v) is 11.9. The minimum absolute atomic E-state index is 0.699. The molecule has 0 radical (unpaired) electrons. The Morgan fingerprint density at radius 2 is 2.33 bits per heavy atom. The average Bonchev–Trinajstić information content (AvgIpc) is 3.07. The van der Waals surface area contributed by atoms with Crippen molar-refractivity contribution in [2.75, 3.05) is 6.54 Å². The number of aryl methyl sites for hydroxylation is 1. The molecule has 1 aliphatic carbocycles. The van der Waals surface area contributed by atoms with E-state index >= 15 is 0 Å². The van der Waals surface area contributed by atoms with Gasteiger partial charge in [0.25, 0.3) is 0 Å². The van der Waals surface area contributed by atoms with Crippen LogP contribution in [0.15, 0.2) is 6.20 Å². The number of hydrogen-bond donors (Lipinski definition) is 2. The van der Waals surface area contributed by atoms with Crippen molar-refractivity contribution in [2.45, 2.75) is 57.7 Å². The summed E-state index contributed by atoms with van der Waals surface area (Å²) in [5, 5.41) is 8.66. The van der Waals surface area contributed by atoms with Gasteiger partial charge in [-0.3, -0.25) is 0 Å². The number of nitrogens with one attached hydrogen (secondary N) is 2. The molecule has 1 saturated heterocycles. The molecule has 0 aromatic carbocycles. The van der Waals surface area contributed by atoms with E-state index < -0.39 is 0 Å². The Labute approximate surface area is 113 Å². The van der Waals surface area contributed by atoms with Crippen molar-refractivity contribution in [3.05, 3.63) is 16.1 Å². The normalized spacial score (nSPS) is 32.2. The average molecular weight is 265 g/mol. The summed E-state index contributed by atoms with van der Waals surface area (Å²) in [6.45, 7) is 4.30. The van der Waals surface area contributed by atoms with E-state index in [1.807, 2.05) is 17.5 Å². The summed E-state index contributed by atoms with van der Waals surface area (Å²) in [4.78, 5) is 5.75. The highest BCUT2D eigenvalue weighted by Crippen LogP contribution is 2.32. The van der Waals surface area contributed by atoms with E-state index in [0.717, 1.165) is 18.5 Å². The first-order chi connectivity index (χ1) is 8.83. The van der Waals surface area contributed by atoms with Crippen molar-refractivity contribution >= 4 is 11.3 Å². The van der Waals surface area contributed by atoms with Gasteiger partial charge < -0.3 is 10.6 Å². The SMILES string of the molecule is Cc1cnc(CNC2CCCC2C2CCCN2)s1. The third kappa shape index (κ3) is 2.76. The Kier molecular flexibility index (Phi) is 3.97. The maximum absolute atomic E-state index is 4.44. The number of rotatable bonds is 4. The van der Waals surface area contributed by atoms with Crippen LogP contribution in [0.3, 0.4) is 0 Å². The van der Waals surface area contributed by atoms with Gasteiger partial charge in [0, 0.05) is 29.7 Å². The quantitative estimate of drug-likeness (QED) is 0.878. The molecule has 0 amide bonds. The molecular weight excluding hydrogens is 242 g/mol. The maximum atomic E-state index is 4.44. The van der Waals surface area contributed by atoms with Gasteiger partial charge in [-0.05, 0) is 45.1 Å². The van der Waals surface area contributed by atoms with Gasteiger partial charge in [0.15, 0.2) is 0 Å². The van der Waals surface area contributed by atoms with E-state index in [2.05, 4.69) is 22.5 Å². The zero-order valence-electron chi connectivity index (χ0n) is 11.1. The lowest BCUT2D eigenvalue weighted by Gasteiger charge is -2.26. The molecular formula is C14H23N3S. The fourth-order valence-corrected chi connectivity index (χ4v) is 4.24. The highest BCUT2D eigenvalue weighted by Gasteiger charge is 2.34. The summed E-state index contributed by atoms with van der Waals surface area (Å²) in [6, 6.07) is 1.47. The maximum Gasteiger partial charge on any atom is 0.107 e. The molecule has 3 nitrogen and oxygen atoms in total. The van der Waals surface area contributed by atoms with E-state index in [1.54, 1.807) is 0 Å². The first-order valence-corrected chi connectivity index (χ1v) is 8.02. The lowest BCUT2D eigenvalue weighted by Crippen LogP contribution is -2.41. The Balaban J connectivity index is 1.54. The van der Waals surface area contributed by atoms with Gasteiger partial charge in [0.2, 0.25) is 0 Å². The van der Waals surface area contributed by atoms with Gasteiger partial charge in [-0.1, -0.05) is 6.42 Å². The van der Waals surface area contributed by atoms with E-state index in [-0.39, 0.29) is 0 Å². The van der Waals surface area contributed by atoms with E-state index in [4.69, 9.17) is 0 Å². The Morgan fingerprint density at radius 1 is 1.39 bits per heavy atom. The van der Waals surface area contributed by atoms with E-state index in [1.165, 1.54) is 48.5 Å². The Morgan fingerprint density at radius 3 is 3.06 bits per heavy atom. The summed E-state index contributed by atoms with van der Waals surface area (Å²) in [6.07, 6.45) is 8.84. The van der Waals surface area contributed by atoms with Gasteiger partial charge in [-0.2, -0.15) is 0 Å². The first-order valence-electron chi connectivity index (χ1n) is 7.21. The summed E-state index contributed by atoms with van der Waals surface area (Å²) < 4.78 is 0. The van der Waals surface area contributed by atoms with Crippen LogP contribution in [0.2, 0.25) is 0 Å². The number of thiazole rings is 1. The van der Waals surface area contributed by atoms with Gasteiger partial charge >= 0.3 is 0 Å². The molecule has 2 heterocycles. The van der Waals surface area contributed by atoms with Gasteiger partial charge in [0.05, 0.1) is 0 Å². The highest BCUT2D eigenvalue weighted by atomic mass is 32.1. The lowest BCUT2D eigenvalue weighted by molar-refractivity contribution is 0.320. The van der Waals surface area contributed by atoms with Crippen LogP contribution in [-0.4, -0.2) is 23.6 Å². The van der Waals surface area contributed by atoms with E-state index in [9.17, 15) is 0 Å². The van der Waals surface area contributed by atoms with Crippen molar-refractivity contribution in [1.82, 2.24) is 15.6 Å². The molecule has 2 fully saturated rings. The smallest absolute Gasteiger partial charge is 0.107 e. The predicted molar refractivity (Wildman–Crippen MR) is 75.8 cm³/mol. The minimum Gasteiger partial charge on any atom is -0.314 e. The van der Waals surface area contributed by atoms with Crippen LogP contribution in [0, 0.1) is 12.8 Å². The molecule has 2 N–H and O–H groups in total. The van der Waals surface area contributed by atoms with E-state index in [0.29, 0.717) is 6.04 Å². The largest absolute Gasteiger partial charge is 0.314 e. The standard InChI is InChI=1S/C14H23N3S/c1-10-8-17-14(18-10)9-16-13-5-2-4-11(13)12-6-3-7-15-12/h8,11-13,15-16H,2-7,9H2,1H3. The molecule has 1 saturated carbocycles. The summed E-state index contributed by atoms with van der Waals surface area (Å²) in [5.41, 5.74) is 0. The Bertz CT molecular complexity index is 384. The predicted octanol–water partition coefficient (Wildman–Crippen LogP) is 2.46. The molecule has 0 bridgehead atoms. The summed E-state index contributed by atoms with van der Waals surface area (Å²) >= 11 is 1.82. The zero-order chi connectivity index (χ0) is 12.4.